The molecule has 4 heteroatoms. The number of nitrogens with zero attached hydrogens (tertiary/aromatic N) is 3. The summed E-state index contributed by atoms with van der Waals surface area (Å²) < 4.78 is 2.74. The Morgan fingerprint density at radius 3 is 2.87 bits per heavy atom. The largest absolute Gasteiger partial charge is 0.239 e. The molecule has 0 fully saturated rings. The summed E-state index contributed by atoms with van der Waals surface area (Å²) in [5, 5.41) is 13.2. The van der Waals surface area contributed by atoms with Gasteiger partial charge in [0.15, 0.2) is 0 Å². The van der Waals surface area contributed by atoms with Crippen molar-refractivity contribution in [2.24, 2.45) is 0 Å². The van der Waals surface area contributed by atoms with E-state index in [9.17, 15) is 0 Å². The summed E-state index contributed by atoms with van der Waals surface area (Å²) in [5.74, 6) is 0. The maximum atomic E-state index is 9.04. The molecule has 0 bridgehead atoms. The van der Waals surface area contributed by atoms with Crippen molar-refractivity contribution in [3.05, 3.63) is 34.6 Å². The zero-order valence-electron chi connectivity index (χ0n) is 8.53. The van der Waals surface area contributed by atoms with Crippen LogP contribution in [0, 0.1) is 11.3 Å². The molecule has 0 aliphatic carbocycles. The number of hydrogen-bond acceptors (Lipinski definition) is 2. The lowest BCUT2D eigenvalue weighted by atomic mass is 9.88. The molecule has 3 nitrogen and oxygen atoms in total. The molecule has 0 aliphatic heterocycles. The normalized spacial score (nSPS) is 11.6. The van der Waals surface area contributed by atoms with E-state index in [0.717, 1.165) is 15.6 Å². The van der Waals surface area contributed by atoms with Gasteiger partial charge in [0.05, 0.1) is 27.7 Å². The van der Waals surface area contributed by atoms with Crippen molar-refractivity contribution in [3.63, 3.8) is 0 Å². The lowest BCUT2D eigenvalue weighted by molar-refractivity contribution is 0.677. The third-order valence-electron chi connectivity index (χ3n) is 2.47. The van der Waals surface area contributed by atoms with Crippen LogP contribution in [-0.2, 0) is 5.41 Å². The van der Waals surface area contributed by atoms with Gasteiger partial charge in [-0.2, -0.15) is 10.4 Å². The first-order chi connectivity index (χ1) is 7.04. The number of pyridine rings is 1. The predicted octanol–water partition coefficient (Wildman–Crippen LogP) is 2.90. The maximum absolute atomic E-state index is 9.04. The molecule has 0 saturated heterocycles. The molecule has 2 heterocycles. The summed E-state index contributed by atoms with van der Waals surface area (Å²) in [4.78, 5) is 0. The van der Waals surface area contributed by atoms with Crippen LogP contribution in [0.5, 0.6) is 0 Å². The Labute approximate surface area is 96.5 Å². The lowest BCUT2D eigenvalue weighted by Crippen LogP contribution is -2.14. The first-order valence-electron chi connectivity index (χ1n) is 4.59. The summed E-state index contributed by atoms with van der Waals surface area (Å²) >= 11 is 3.41. The Morgan fingerprint density at radius 2 is 2.20 bits per heavy atom. The van der Waals surface area contributed by atoms with Gasteiger partial charge in [0.1, 0.15) is 0 Å². The highest BCUT2D eigenvalue weighted by molar-refractivity contribution is 9.10. The quantitative estimate of drug-likeness (QED) is 0.794. The van der Waals surface area contributed by atoms with Gasteiger partial charge in [-0.25, -0.2) is 4.52 Å². The molecule has 0 aromatic carbocycles. The number of aromatic nitrogens is 2. The van der Waals surface area contributed by atoms with Crippen molar-refractivity contribution in [2.45, 2.75) is 19.3 Å². The lowest BCUT2D eigenvalue weighted by Gasteiger charge is -2.15. The molecular formula is C11H10BrN3. The SMILES string of the molecule is CC(C)(C#N)c1ccc2c(Br)cnn2c1. The second-order valence-electron chi connectivity index (χ2n) is 3.98. The van der Waals surface area contributed by atoms with E-state index in [1.165, 1.54) is 0 Å². The van der Waals surface area contributed by atoms with Gasteiger partial charge in [-0.1, -0.05) is 6.07 Å². The molecule has 0 amide bonds. The zero-order valence-corrected chi connectivity index (χ0v) is 10.1. The highest BCUT2D eigenvalue weighted by atomic mass is 79.9. The first-order valence-corrected chi connectivity index (χ1v) is 5.38. The van der Waals surface area contributed by atoms with Gasteiger partial charge in [-0.3, -0.25) is 0 Å². The van der Waals surface area contributed by atoms with Gasteiger partial charge in [0.25, 0.3) is 0 Å². The van der Waals surface area contributed by atoms with Crippen LogP contribution in [0.1, 0.15) is 19.4 Å². The highest BCUT2D eigenvalue weighted by Gasteiger charge is 2.20. The van der Waals surface area contributed by atoms with E-state index >= 15 is 0 Å². The minimum atomic E-state index is -0.480. The third-order valence-corrected chi connectivity index (χ3v) is 3.08. The fourth-order valence-corrected chi connectivity index (χ4v) is 1.79. The molecule has 76 valence electrons. The van der Waals surface area contributed by atoms with Gasteiger partial charge in [-0.05, 0) is 41.4 Å². The molecule has 0 spiro atoms. The molecule has 0 atom stereocenters. The molecule has 15 heavy (non-hydrogen) atoms. The molecule has 0 saturated carbocycles. The van der Waals surface area contributed by atoms with E-state index in [4.69, 9.17) is 5.26 Å². The van der Waals surface area contributed by atoms with E-state index in [2.05, 4.69) is 27.1 Å². The van der Waals surface area contributed by atoms with Crippen molar-refractivity contribution in [1.82, 2.24) is 9.61 Å². The topological polar surface area (TPSA) is 41.1 Å². The van der Waals surface area contributed by atoms with Crippen LogP contribution >= 0.6 is 15.9 Å². The van der Waals surface area contributed by atoms with Crippen LogP contribution in [-0.4, -0.2) is 9.61 Å². The average Bonchev–Trinajstić information content (AvgIpc) is 2.60. The minimum Gasteiger partial charge on any atom is -0.239 e. The first kappa shape index (κ1) is 10.2. The third kappa shape index (κ3) is 1.64. The Balaban J connectivity index is 2.63. The standard InChI is InChI=1S/C11H10BrN3/c1-11(2,7-13)8-3-4-10-9(12)5-14-15(10)6-8/h3-6H,1-2H3. The predicted molar refractivity (Wildman–Crippen MR) is 61.5 cm³/mol. The fourth-order valence-electron chi connectivity index (χ4n) is 1.39. The number of hydrogen-bond donors (Lipinski definition) is 0. The van der Waals surface area contributed by atoms with Gasteiger partial charge >= 0.3 is 0 Å². The van der Waals surface area contributed by atoms with Crippen molar-refractivity contribution in [1.29, 1.82) is 5.26 Å². The number of nitriles is 1. The molecule has 0 aliphatic rings. The number of rotatable bonds is 1. The average molecular weight is 264 g/mol. The van der Waals surface area contributed by atoms with Gasteiger partial charge in [0.2, 0.25) is 0 Å². The van der Waals surface area contributed by atoms with E-state index in [1.54, 1.807) is 10.7 Å². The van der Waals surface area contributed by atoms with Gasteiger partial charge in [0, 0.05) is 6.20 Å². The van der Waals surface area contributed by atoms with Crippen LogP contribution in [0.2, 0.25) is 0 Å². The van der Waals surface area contributed by atoms with Gasteiger partial charge in [-0.15, -0.1) is 0 Å². The van der Waals surface area contributed by atoms with Crippen LogP contribution < -0.4 is 0 Å². The molecule has 0 N–H and O–H groups in total. The Bertz CT molecular complexity index is 548. The van der Waals surface area contributed by atoms with E-state index in [0.29, 0.717) is 0 Å². The highest BCUT2D eigenvalue weighted by Crippen LogP contribution is 2.24. The van der Waals surface area contributed by atoms with E-state index in [-0.39, 0.29) is 0 Å². The minimum absolute atomic E-state index is 0.480. The summed E-state index contributed by atoms with van der Waals surface area (Å²) in [5.41, 5.74) is 1.49. The molecule has 0 unspecified atom stereocenters. The van der Waals surface area contributed by atoms with Gasteiger partial charge < -0.3 is 0 Å². The monoisotopic (exact) mass is 263 g/mol. The second-order valence-corrected chi connectivity index (χ2v) is 4.83. The van der Waals surface area contributed by atoms with Crippen molar-refractivity contribution in [3.8, 4) is 6.07 Å². The van der Waals surface area contributed by atoms with Crippen LogP contribution in [0.3, 0.4) is 0 Å². The molecular weight excluding hydrogens is 254 g/mol. The number of halogens is 1. The molecule has 2 aromatic rings. The second kappa shape index (κ2) is 3.35. The Morgan fingerprint density at radius 1 is 1.47 bits per heavy atom. The summed E-state index contributed by atoms with van der Waals surface area (Å²) in [6, 6.07) is 6.20. The van der Waals surface area contributed by atoms with Crippen molar-refractivity contribution < 1.29 is 0 Å². The Hall–Kier alpha value is -1.34. The zero-order chi connectivity index (χ0) is 11.1. The maximum Gasteiger partial charge on any atom is 0.0804 e. The summed E-state index contributed by atoms with van der Waals surface area (Å²) in [7, 11) is 0. The number of fused-ring (bicyclic) bond motifs is 1. The molecule has 2 aromatic heterocycles. The van der Waals surface area contributed by atoms with Crippen LogP contribution in [0.4, 0.5) is 0 Å². The van der Waals surface area contributed by atoms with Crippen molar-refractivity contribution >= 4 is 21.4 Å². The van der Waals surface area contributed by atoms with Crippen LogP contribution in [0.25, 0.3) is 5.52 Å². The van der Waals surface area contributed by atoms with Crippen molar-refractivity contribution in [2.75, 3.05) is 0 Å². The van der Waals surface area contributed by atoms with E-state index < -0.39 is 5.41 Å². The molecule has 2 rings (SSSR count). The summed E-state index contributed by atoms with van der Waals surface area (Å²) in [6.45, 7) is 3.79. The summed E-state index contributed by atoms with van der Waals surface area (Å²) in [6.07, 6.45) is 3.64. The molecule has 0 radical (unpaired) electrons. The smallest absolute Gasteiger partial charge is 0.0804 e. The van der Waals surface area contributed by atoms with E-state index in [1.807, 2.05) is 32.2 Å². The van der Waals surface area contributed by atoms with Crippen LogP contribution in [0.15, 0.2) is 29.0 Å². The Kier molecular flexibility index (Phi) is 2.28. The fraction of sp³-hybridized carbons (Fsp3) is 0.273.